The second-order valence-electron chi connectivity index (χ2n) is 27.4. The van der Waals surface area contributed by atoms with E-state index in [4.69, 9.17) is 4.74 Å². The highest BCUT2D eigenvalue weighted by Crippen LogP contribution is 2.20. The molecule has 3 N–H and O–H groups in total. The Morgan fingerprint density at radius 2 is 0.565 bits per heavy atom. The van der Waals surface area contributed by atoms with Crippen LogP contribution in [0.3, 0.4) is 0 Å². The number of rotatable bonds is 75. The standard InChI is InChI=1S/C79H155NO5/c1-3-5-7-9-11-13-15-16-17-18-19-20-21-30-33-36-39-42-45-48-52-55-59-63-67-71-77(82)76(75-81)80-78(83)72-68-64-60-56-53-49-46-43-40-37-34-31-28-26-24-22-23-25-27-29-32-35-38-41-44-47-50-54-58-62-66-70-74-85-79(84)73-69-65-61-57-51-14-12-10-8-6-4-2/h10,12,76-77,81-82H,3-9,11,13-75H2,1-2H3,(H,80,83)/b12-10-. The highest BCUT2D eigenvalue weighted by atomic mass is 16.5. The summed E-state index contributed by atoms with van der Waals surface area (Å²) in [6.45, 7) is 4.97. The van der Waals surface area contributed by atoms with Gasteiger partial charge in [0.25, 0.3) is 0 Å². The second kappa shape index (κ2) is 75.1. The summed E-state index contributed by atoms with van der Waals surface area (Å²) < 4.78 is 5.47. The van der Waals surface area contributed by atoms with Crippen LogP contribution in [-0.2, 0) is 14.3 Å². The van der Waals surface area contributed by atoms with Gasteiger partial charge in [-0.25, -0.2) is 0 Å². The molecule has 0 aromatic carbocycles. The largest absolute Gasteiger partial charge is 0.466 e. The Kier molecular flexibility index (Phi) is 73.8. The van der Waals surface area contributed by atoms with Crippen LogP contribution in [0.4, 0.5) is 0 Å². The monoisotopic (exact) mass is 1200 g/mol. The van der Waals surface area contributed by atoms with Gasteiger partial charge in [-0.3, -0.25) is 9.59 Å². The van der Waals surface area contributed by atoms with Crippen LogP contribution in [0.15, 0.2) is 12.2 Å². The Balaban J connectivity index is 3.33. The van der Waals surface area contributed by atoms with Crippen molar-refractivity contribution in [3.8, 4) is 0 Å². The molecule has 0 rings (SSSR count). The maximum Gasteiger partial charge on any atom is 0.305 e. The van der Waals surface area contributed by atoms with Crippen molar-refractivity contribution >= 4 is 11.9 Å². The first-order valence-corrected chi connectivity index (χ1v) is 39.4. The maximum absolute atomic E-state index is 12.6. The first-order valence-electron chi connectivity index (χ1n) is 39.4. The number of ether oxygens (including phenoxy) is 1. The number of nitrogens with one attached hydrogen (secondary N) is 1. The number of unbranched alkanes of at least 4 members (excludes halogenated alkanes) is 62. The van der Waals surface area contributed by atoms with Crippen LogP contribution in [0.5, 0.6) is 0 Å². The first kappa shape index (κ1) is 83.6. The van der Waals surface area contributed by atoms with Gasteiger partial charge in [0.2, 0.25) is 5.91 Å². The van der Waals surface area contributed by atoms with Crippen LogP contribution in [-0.4, -0.2) is 47.4 Å². The van der Waals surface area contributed by atoms with Gasteiger partial charge in [-0.1, -0.05) is 411 Å². The third kappa shape index (κ3) is 71.6. The van der Waals surface area contributed by atoms with E-state index in [-0.39, 0.29) is 18.5 Å². The zero-order valence-corrected chi connectivity index (χ0v) is 58.1. The Morgan fingerprint density at radius 3 is 0.871 bits per heavy atom. The molecule has 0 saturated carbocycles. The highest BCUT2D eigenvalue weighted by molar-refractivity contribution is 5.76. The van der Waals surface area contributed by atoms with E-state index in [9.17, 15) is 19.8 Å². The lowest BCUT2D eigenvalue weighted by Crippen LogP contribution is -2.45. The number of carbonyl (C=O) groups is 2. The fourth-order valence-corrected chi connectivity index (χ4v) is 12.8. The number of carbonyl (C=O) groups excluding carboxylic acids is 2. The summed E-state index contributed by atoms with van der Waals surface area (Å²) in [5, 5.41) is 23.5. The van der Waals surface area contributed by atoms with Crippen molar-refractivity contribution in [3.63, 3.8) is 0 Å². The molecule has 0 bridgehead atoms. The molecule has 0 aliphatic carbocycles. The average Bonchev–Trinajstić information content (AvgIpc) is 3.54. The SMILES string of the molecule is CCCC/C=C\CCCCCCCC(=O)OCCCCCCCCCCCCCCCCCCCCCCCCCCCCCCCCCCC(=O)NC(CO)C(O)CCCCCCCCCCCCCCCCCCCCCCCCCCC. The number of hydrogen-bond donors (Lipinski definition) is 3. The predicted octanol–water partition coefficient (Wildman–Crippen LogP) is 25.9. The number of allylic oxidation sites excluding steroid dienone is 2. The van der Waals surface area contributed by atoms with E-state index in [1.165, 1.54) is 379 Å². The van der Waals surface area contributed by atoms with Gasteiger partial charge in [-0.15, -0.1) is 0 Å². The molecule has 0 fully saturated rings. The van der Waals surface area contributed by atoms with Crippen LogP contribution in [0.25, 0.3) is 0 Å². The van der Waals surface area contributed by atoms with Crippen LogP contribution in [0, 0.1) is 0 Å². The van der Waals surface area contributed by atoms with E-state index in [1.807, 2.05) is 0 Å². The summed E-state index contributed by atoms with van der Waals surface area (Å²) in [7, 11) is 0. The third-order valence-corrected chi connectivity index (χ3v) is 18.8. The number of amides is 1. The number of esters is 1. The highest BCUT2D eigenvalue weighted by Gasteiger charge is 2.20. The fourth-order valence-electron chi connectivity index (χ4n) is 12.8. The summed E-state index contributed by atoms with van der Waals surface area (Å²) in [5.41, 5.74) is 0. The minimum atomic E-state index is -0.662. The van der Waals surface area contributed by atoms with Crippen molar-refractivity contribution in [1.82, 2.24) is 5.32 Å². The van der Waals surface area contributed by atoms with Crippen molar-refractivity contribution in [3.05, 3.63) is 12.2 Å². The molecule has 0 heterocycles. The Bertz CT molecular complexity index is 1290. The fraction of sp³-hybridized carbons (Fsp3) is 0.949. The molecule has 506 valence electrons. The molecule has 2 unspecified atom stereocenters. The van der Waals surface area contributed by atoms with Crippen molar-refractivity contribution < 1.29 is 24.5 Å². The lowest BCUT2D eigenvalue weighted by molar-refractivity contribution is -0.143. The molecule has 0 spiro atoms. The van der Waals surface area contributed by atoms with Gasteiger partial charge >= 0.3 is 5.97 Å². The second-order valence-corrected chi connectivity index (χ2v) is 27.4. The predicted molar refractivity (Wildman–Crippen MR) is 375 cm³/mol. The average molecular weight is 1200 g/mol. The van der Waals surface area contributed by atoms with Crippen LogP contribution >= 0.6 is 0 Å². The molecular weight excluding hydrogens is 1040 g/mol. The molecule has 1 amide bonds. The maximum atomic E-state index is 12.6. The molecule has 0 radical (unpaired) electrons. The first-order chi connectivity index (χ1) is 42.0. The number of hydrogen-bond acceptors (Lipinski definition) is 5. The molecule has 6 nitrogen and oxygen atoms in total. The Labute approximate surface area is 533 Å². The van der Waals surface area contributed by atoms with Crippen molar-refractivity contribution in [2.45, 2.75) is 469 Å². The molecule has 6 heteroatoms. The zero-order valence-electron chi connectivity index (χ0n) is 58.1. The van der Waals surface area contributed by atoms with Crippen LogP contribution < -0.4 is 5.32 Å². The molecule has 0 saturated heterocycles. The molecule has 0 aliphatic rings. The van der Waals surface area contributed by atoms with E-state index in [0.717, 1.165) is 44.9 Å². The Morgan fingerprint density at radius 1 is 0.318 bits per heavy atom. The van der Waals surface area contributed by atoms with E-state index in [0.29, 0.717) is 25.9 Å². The third-order valence-electron chi connectivity index (χ3n) is 18.8. The van der Waals surface area contributed by atoms with Gasteiger partial charge in [0, 0.05) is 12.8 Å². The van der Waals surface area contributed by atoms with Crippen LogP contribution in [0.2, 0.25) is 0 Å². The molecule has 85 heavy (non-hydrogen) atoms. The van der Waals surface area contributed by atoms with Crippen LogP contribution in [0.1, 0.15) is 457 Å². The number of aliphatic hydroxyl groups is 2. The van der Waals surface area contributed by atoms with Gasteiger partial charge in [-0.05, 0) is 44.9 Å². The normalized spacial score (nSPS) is 12.5. The topological polar surface area (TPSA) is 95.9 Å². The molecule has 0 aromatic heterocycles. The van der Waals surface area contributed by atoms with E-state index >= 15 is 0 Å². The summed E-state index contributed by atoms with van der Waals surface area (Å²) in [6, 6.07) is -0.539. The van der Waals surface area contributed by atoms with Gasteiger partial charge in [0.15, 0.2) is 0 Å². The Hall–Kier alpha value is -1.40. The molecule has 0 aliphatic heterocycles. The van der Waals surface area contributed by atoms with E-state index in [2.05, 4.69) is 31.3 Å². The molecule has 0 aromatic rings. The van der Waals surface area contributed by atoms with Gasteiger partial charge in [0.05, 0.1) is 25.4 Å². The van der Waals surface area contributed by atoms with Crippen molar-refractivity contribution in [1.29, 1.82) is 0 Å². The molecule has 2 atom stereocenters. The quantitative estimate of drug-likeness (QED) is 0.0320. The number of aliphatic hydroxyl groups excluding tert-OH is 2. The minimum absolute atomic E-state index is 0.0112. The van der Waals surface area contributed by atoms with Gasteiger partial charge in [-0.2, -0.15) is 0 Å². The smallest absolute Gasteiger partial charge is 0.305 e. The van der Waals surface area contributed by atoms with Crippen molar-refractivity contribution in [2.24, 2.45) is 0 Å². The minimum Gasteiger partial charge on any atom is -0.466 e. The van der Waals surface area contributed by atoms with E-state index in [1.54, 1.807) is 0 Å². The lowest BCUT2D eigenvalue weighted by Gasteiger charge is -2.22. The van der Waals surface area contributed by atoms with Crippen molar-refractivity contribution in [2.75, 3.05) is 13.2 Å². The summed E-state index contributed by atoms with van der Waals surface area (Å²) >= 11 is 0. The summed E-state index contributed by atoms with van der Waals surface area (Å²) in [6.07, 6.45) is 94.5. The lowest BCUT2D eigenvalue weighted by atomic mass is 10.0. The summed E-state index contributed by atoms with van der Waals surface area (Å²) in [5.74, 6) is -0.0130. The van der Waals surface area contributed by atoms with E-state index < -0.39 is 12.1 Å². The van der Waals surface area contributed by atoms with Gasteiger partial charge < -0.3 is 20.3 Å². The zero-order chi connectivity index (χ0) is 61.3. The summed E-state index contributed by atoms with van der Waals surface area (Å²) in [4.78, 5) is 24.6. The molecular formula is C79H155NO5. The van der Waals surface area contributed by atoms with Gasteiger partial charge in [0.1, 0.15) is 0 Å².